The van der Waals surface area contributed by atoms with Crippen molar-refractivity contribution in [1.82, 2.24) is 15.2 Å². The molecular formula is C16H25N3O2. The number of ether oxygens (including phenoxy) is 1. The number of aromatic nitrogens is 1. The molecule has 1 aliphatic heterocycles. The number of carbonyl (C=O) groups is 1. The third-order valence-corrected chi connectivity index (χ3v) is 3.57. The van der Waals surface area contributed by atoms with Crippen LogP contribution in [0.1, 0.15) is 38.3 Å². The lowest BCUT2D eigenvalue weighted by molar-refractivity contribution is 0.0291. The van der Waals surface area contributed by atoms with Gasteiger partial charge in [0.15, 0.2) is 0 Å². The smallest absolute Gasteiger partial charge is 0.410 e. The number of nitrogens with one attached hydrogen (secondary N) is 1. The highest BCUT2D eigenvalue weighted by Crippen LogP contribution is 2.16. The maximum absolute atomic E-state index is 12.0. The van der Waals surface area contributed by atoms with Crippen LogP contribution in [-0.2, 0) is 11.3 Å². The lowest BCUT2D eigenvalue weighted by atomic mass is 10.1. The summed E-state index contributed by atoms with van der Waals surface area (Å²) in [6.45, 7) is 9.99. The van der Waals surface area contributed by atoms with Gasteiger partial charge >= 0.3 is 6.09 Å². The number of amides is 1. The number of carbonyl (C=O) groups excluding carboxylic acids is 1. The minimum atomic E-state index is -0.435. The largest absolute Gasteiger partial charge is 0.444 e. The Morgan fingerprint density at radius 1 is 1.52 bits per heavy atom. The molecule has 1 N–H and O–H groups in total. The quantitative estimate of drug-likeness (QED) is 0.929. The SMILES string of the molecule is Cc1ccncc1CNC1CCN(C(=O)OC(C)(C)C)C1. The summed E-state index contributed by atoms with van der Waals surface area (Å²) in [5, 5.41) is 3.50. The van der Waals surface area contributed by atoms with E-state index in [2.05, 4.69) is 17.2 Å². The van der Waals surface area contributed by atoms with Crippen molar-refractivity contribution in [3.8, 4) is 0 Å². The first-order valence-corrected chi connectivity index (χ1v) is 7.46. The van der Waals surface area contributed by atoms with E-state index < -0.39 is 5.60 Å². The Kier molecular flexibility index (Phi) is 4.83. The molecule has 5 nitrogen and oxygen atoms in total. The standard InChI is InChI=1S/C16H25N3O2/c1-12-5-7-17-9-13(12)10-18-14-6-8-19(11-14)15(20)21-16(2,3)4/h5,7,9,14,18H,6,8,10-11H2,1-4H3. The van der Waals surface area contributed by atoms with Gasteiger partial charge in [0.1, 0.15) is 5.60 Å². The first-order chi connectivity index (χ1) is 9.85. The molecular weight excluding hydrogens is 266 g/mol. The number of aryl methyl sites for hydroxylation is 1. The van der Waals surface area contributed by atoms with Crippen LogP contribution >= 0.6 is 0 Å². The fourth-order valence-corrected chi connectivity index (χ4v) is 2.36. The van der Waals surface area contributed by atoms with E-state index in [9.17, 15) is 4.79 Å². The van der Waals surface area contributed by atoms with Crippen LogP contribution in [0.25, 0.3) is 0 Å². The van der Waals surface area contributed by atoms with Gasteiger partial charge in [-0.25, -0.2) is 4.79 Å². The van der Waals surface area contributed by atoms with Crippen molar-refractivity contribution in [2.45, 2.75) is 52.3 Å². The Morgan fingerprint density at radius 3 is 2.95 bits per heavy atom. The molecule has 21 heavy (non-hydrogen) atoms. The van der Waals surface area contributed by atoms with Crippen molar-refractivity contribution < 1.29 is 9.53 Å². The summed E-state index contributed by atoms with van der Waals surface area (Å²) in [7, 11) is 0. The molecule has 1 aliphatic rings. The summed E-state index contributed by atoms with van der Waals surface area (Å²) in [4.78, 5) is 17.9. The summed E-state index contributed by atoms with van der Waals surface area (Å²) < 4.78 is 5.40. The zero-order valence-corrected chi connectivity index (χ0v) is 13.3. The highest BCUT2D eigenvalue weighted by atomic mass is 16.6. The monoisotopic (exact) mass is 291 g/mol. The molecule has 0 spiro atoms. The zero-order chi connectivity index (χ0) is 15.5. The van der Waals surface area contributed by atoms with Gasteiger partial charge in [-0.15, -0.1) is 0 Å². The lowest BCUT2D eigenvalue weighted by Gasteiger charge is -2.24. The van der Waals surface area contributed by atoms with Crippen molar-refractivity contribution in [2.75, 3.05) is 13.1 Å². The maximum atomic E-state index is 12.0. The molecule has 1 atom stereocenters. The van der Waals surface area contributed by atoms with Gasteiger partial charge in [-0.2, -0.15) is 0 Å². The van der Waals surface area contributed by atoms with E-state index >= 15 is 0 Å². The molecule has 0 aromatic carbocycles. The van der Waals surface area contributed by atoms with Crippen LogP contribution in [0.2, 0.25) is 0 Å². The molecule has 0 saturated carbocycles. The molecule has 0 bridgehead atoms. The van der Waals surface area contributed by atoms with Crippen LogP contribution in [0.5, 0.6) is 0 Å². The van der Waals surface area contributed by atoms with E-state index in [-0.39, 0.29) is 6.09 Å². The summed E-state index contributed by atoms with van der Waals surface area (Å²) in [6.07, 6.45) is 4.43. The van der Waals surface area contributed by atoms with Crippen molar-refractivity contribution in [1.29, 1.82) is 0 Å². The number of nitrogens with zero attached hydrogens (tertiary/aromatic N) is 2. The first-order valence-electron chi connectivity index (χ1n) is 7.46. The Hall–Kier alpha value is -1.62. The predicted octanol–water partition coefficient (Wildman–Crippen LogP) is 2.49. The molecule has 1 saturated heterocycles. The predicted molar refractivity (Wildman–Crippen MR) is 82.0 cm³/mol. The minimum absolute atomic E-state index is 0.218. The van der Waals surface area contributed by atoms with Crippen LogP contribution in [0, 0.1) is 6.92 Å². The first kappa shape index (κ1) is 15.8. The Labute approximate surface area is 126 Å². The van der Waals surface area contributed by atoms with E-state index in [4.69, 9.17) is 4.74 Å². The molecule has 1 unspecified atom stereocenters. The van der Waals surface area contributed by atoms with Crippen LogP contribution in [0.3, 0.4) is 0 Å². The fourth-order valence-electron chi connectivity index (χ4n) is 2.36. The topological polar surface area (TPSA) is 54.5 Å². The zero-order valence-electron chi connectivity index (χ0n) is 13.3. The summed E-state index contributed by atoms with van der Waals surface area (Å²) in [5.74, 6) is 0. The number of pyridine rings is 1. The molecule has 0 aliphatic carbocycles. The highest BCUT2D eigenvalue weighted by Gasteiger charge is 2.29. The lowest BCUT2D eigenvalue weighted by Crippen LogP contribution is -2.38. The molecule has 1 amide bonds. The Balaban J connectivity index is 1.80. The van der Waals surface area contributed by atoms with Gasteiger partial charge in [0.25, 0.3) is 0 Å². The highest BCUT2D eigenvalue weighted by molar-refractivity contribution is 5.68. The van der Waals surface area contributed by atoms with Gasteiger partial charge in [-0.1, -0.05) is 0 Å². The summed E-state index contributed by atoms with van der Waals surface area (Å²) in [5.41, 5.74) is 2.00. The third-order valence-electron chi connectivity index (χ3n) is 3.57. The van der Waals surface area contributed by atoms with Crippen molar-refractivity contribution >= 4 is 6.09 Å². The van der Waals surface area contributed by atoms with Crippen molar-refractivity contribution in [2.24, 2.45) is 0 Å². The third kappa shape index (κ3) is 4.70. The van der Waals surface area contributed by atoms with Crippen LogP contribution in [0.4, 0.5) is 4.79 Å². The van der Waals surface area contributed by atoms with E-state index in [1.807, 2.05) is 33.0 Å². The van der Waals surface area contributed by atoms with Gasteiger partial charge in [-0.3, -0.25) is 4.98 Å². The second-order valence-corrected chi connectivity index (χ2v) is 6.60. The van der Waals surface area contributed by atoms with E-state index in [1.54, 1.807) is 11.1 Å². The Bertz CT molecular complexity index is 497. The van der Waals surface area contributed by atoms with Crippen LogP contribution in [0.15, 0.2) is 18.5 Å². The second-order valence-electron chi connectivity index (χ2n) is 6.60. The van der Waals surface area contributed by atoms with Gasteiger partial charge in [0.2, 0.25) is 0 Å². The average Bonchev–Trinajstić information content (AvgIpc) is 2.85. The molecule has 1 aromatic rings. The number of hydrogen-bond acceptors (Lipinski definition) is 4. The fraction of sp³-hybridized carbons (Fsp3) is 0.625. The molecule has 2 rings (SSSR count). The molecule has 1 aromatic heterocycles. The molecule has 5 heteroatoms. The van der Waals surface area contributed by atoms with Crippen molar-refractivity contribution in [3.05, 3.63) is 29.6 Å². The summed E-state index contributed by atoms with van der Waals surface area (Å²) >= 11 is 0. The maximum Gasteiger partial charge on any atom is 0.410 e. The molecule has 116 valence electrons. The Morgan fingerprint density at radius 2 is 2.29 bits per heavy atom. The van der Waals surface area contributed by atoms with Gasteiger partial charge in [-0.05, 0) is 51.3 Å². The number of rotatable bonds is 3. The minimum Gasteiger partial charge on any atom is -0.444 e. The van der Waals surface area contributed by atoms with Gasteiger partial charge < -0.3 is 15.0 Å². The molecule has 1 fully saturated rings. The number of hydrogen-bond donors (Lipinski definition) is 1. The van der Waals surface area contributed by atoms with Gasteiger partial charge in [0, 0.05) is 38.1 Å². The molecule has 0 radical (unpaired) electrons. The van der Waals surface area contributed by atoms with E-state index in [0.29, 0.717) is 12.6 Å². The average molecular weight is 291 g/mol. The second kappa shape index (κ2) is 6.43. The summed E-state index contributed by atoms with van der Waals surface area (Å²) in [6, 6.07) is 2.33. The normalized spacial score (nSPS) is 18.9. The molecule has 2 heterocycles. The van der Waals surface area contributed by atoms with Crippen LogP contribution in [-0.4, -0.2) is 40.7 Å². The van der Waals surface area contributed by atoms with E-state index in [1.165, 1.54) is 11.1 Å². The number of likely N-dealkylation sites (tertiary alicyclic amines) is 1. The van der Waals surface area contributed by atoms with Crippen molar-refractivity contribution in [3.63, 3.8) is 0 Å². The van der Waals surface area contributed by atoms with E-state index in [0.717, 1.165) is 19.5 Å². The van der Waals surface area contributed by atoms with Gasteiger partial charge in [0.05, 0.1) is 0 Å². The van der Waals surface area contributed by atoms with Crippen LogP contribution < -0.4 is 5.32 Å².